The molecule has 130 valence electrons. The van der Waals surface area contributed by atoms with Gasteiger partial charge in [-0.2, -0.15) is 0 Å². The molecule has 1 atom stereocenters. The van der Waals surface area contributed by atoms with Crippen LogP contribution in [0.25, 0.3) is 11.5 Å². The fourth-order valence-electron chi connectivity index (χ4n) is 2.18. The molecule has 0 saturated carbocycles. The van der Waals surface area contributed by atoms with E-state index in [-0.39, 0.29) is 11.2 Å². The van der Waals surface area contributed by atoms with Crippen LogP contribution in [0.15, 0.2) is 50.7 Å². The number of nitrogens with one attached hydrogen (secondary N) is 1. The Morgan fingerprint density at radius 2 is 2.08 bits per heavy atom. The number of hydrogen-bond donors (Lipinski definition) is 1. The van der Waals surface area contributed by atoms with Crippen molar-refractivity contribution in [3.05, 3.63) is 53.5 Å². The minimum absolute atomic E-state index is 0.118. The fraction of sp³-hybridized carbons (Fsp3) is 0.278. The van der Waals surface area contributed by atoms with Gasteiger partial charge in [-0.3, -0.25) is 4.79 Å². The molecule has 1 amide bonds. The molecule has 0 unspecified atom stereocenters. The zero-order valence-corrected chi connectivity index (χ0v) is 15.1. The highest BCUT2D eigenvalue weighted by Gasteiger charge is 2.19. The van der Waals surface area contributed by atoms with Gasteiger partial charge in [0.2, 0.25) is 11.8 Å². The fourth-order valence-corrected chi connectivity index (χ4v) is 2.89. The number of benzene rings is 1. The Balaban J connectivity index is 1.60. The van der Waals surface area contributed by atoms with E-state index in [9.17, 15) is 4.79 Å². The first-order chi connectivity index (χ1) is 12.0. The van der Waals surface area contributed by atoms with Crippen LogP contribution in [0, 0.1) is 13.8 Å². The average Bonchev–Trinajstić information content (AvgIpc) is 3.27. The standard InChI is InChI=1S/C18H19N3O3S/c1-11-6-7-14(9-12(11)2)17-20-21-18(24-17)25-13(3)16(22)19-10-15-5-4-8-23-15/h4-9,13H,10H2,1-3H3,(H,19,22)/t13-/m0/s1. The molecule has 3 aromatic rings. The molecule has 1 N–H and O–H groups in total. The normalized spacial score (nSPS) is 12.1. The van der Waals surface area contributed by atoms with Crippen molar-refractivity contribution in [2.45, 2.75) is 37.8 Å². The number of hydrogen-bond acceptors (Lipinski definition) is 6. The van der Waals surface area contributed by atoms with Crippen LogP contribution in [0.4, 0.5) is 0 Å². The first-order valence-electron chi connectivity index (χ1n) is 7.91. The molecule has 0 spiro atoms. The maximum Gasteiger partial charge on any atom is 0.277 e. The lowest BCUT2D eigenvalue weighted by Crippen LogP contribution is -2.30. The number of aromatic nitrogens is 2. The number of nitrogens with zero attached hydrogens (tertiary/aromatic N) is 2. The average molecular weight is 357 g/mol. The summed E-state index contributed by atoms with van der Waals surface area (Å²) in [5.74, 6) is 1.04. The molecule has 0 fully saturated rings. The Kier molecular flexibility index (Phi) is 5.23. The molecular weight excluding hydrogens is 338 g/mol. The van der Waals surface area contributed by atoms with Gasteiger partial charge in [-0.25, -0.2) is 0 Å². The van der Waals surface area contributed by atoms with Crippen LogP contribution < -0.4 is 5.32 Å². The lowest BCUT2D eigenvalue weighted by molar-refractivity contribution is -0.120. The molecule has 0 aliphatic carbocycles. The maximum absolute atomic E-state index is 12.1. The van der Waals surface area contributed by atoms with Gasteiger partial charge < -0.3 is 14.2 Å². The second-order valence-corrected chi connectivity index (χ2v) is 7.02. The van der Waals surface area contributed by atoms with E-state index in [0.717, 1.165) is 11.1 Å². The van der Waals surface area contributed by atoms with Crippen molar-refractivity contribution in [1.82, 2.24) is 15.5 Å². The lowest BCUT2D eigenvalue weighted by Gasteiger charge is -2.08. The third kappa shape index (κ3) is 4.30. The molecule has 2 heterocycles. The van der Waals surface area contributed by atoms with E-state index in [1.807, 2.05) is 31.2 Å². The van der Waals surface area contributed by atoms with Crippen molar-refractivity contribution in [2.75, 3.05) is 0 Å². The van der Waals surface area contributed by atoms with E-state index in [4.69, 9.17) is 8.83 Å². The molecule has 1 aromatic carbocycles. The molecule has 25 heavy (non-hydrogen) atoms. The van der Waals surface area contributed by atoms with Crippen molar-refractivity contribution >= 4 is 17.7 Å². The molecule has 0 aliphatic rings. The molecular formula is C18H19N3O3S. The number of rotatable bonds is 6. The Labute approximate surface area is 150 Å². The summed E-state index contributed by atoms with van der Waals surface area (Å²) in [7, 11) is 0. The monoisotopic (exact) mass is 357 g/mol. The van der Waals surface area contributed by atoms with Gasteiger partial charge in [-0.1, -0.05) is 17.8 Å². The smallest absolute Gasteiger partial charge is 0.277 e. The quantitative estimate of drug-likeness (QED) is 0.677. The molecule has 0 radical (unpaired) electrons. The van der Waals surface area contributed by atoms with E-state index < -0.39 is 0 Å². The van der Waals surface area contributed by atoms with Crippen molar-refractivity contribution in [1.29, 1.82) is 0 Å². The van der Waals surface area contributed by atoms with E-state index >= 15 is 0 Å². The van der Waals surface area contributed by atoms with Gasteiger partial charge in [0.05, 0.1) is 18.1 Å². The van der Waals surface area contributed by atoms with Crippen molar-refractivity contribution in [2.24, 2.45) is 0 Å². The van der Waals surface area contributed by atoms with Gasteiger partial charge in [-0.15, -0.1) is 10.2 Å². The summed E-state index contributed by atoms with van der Waals surface area (Å²) < 4.78 is 10.9. The van der Waals surface area contributed by atoms with Crippen LogP contribution in [-0.4, -0.2) is 21.4 Å². The maximum atomic E-state index is 12.1. The van der Waals surface area contributed by atoms with Gasteiger partial charge in [0.25, 0.3) is 5.22 Å². The lowest BCUT2D eigenvalue weighted by atomic mass is 10.1. The number of amides is 1. The Bertz CT molecular complexity index is 858. The van der Waals surface area contributed by atoms with Gasteiger partial charge in [-0.05, 0) is 56.2 Å². The largest absolute Gasteiger partial charge is 0.467 e. The third-order valence-electron chi connectivity index (χ3n) is 3.82. The van der Waals surface area contributed by atoms with Gasteiger partial charge in [0.1, 0.15) is 5.76 Å². The minimum Gasteiger partial charge on any atom is -0.467 e. The minimum atomic E-state index is -0.358. The Morgan fingerprint density at radius 3 is 2.80 bits per heavy atom. The number of carbonyl (C=O) groups is 1. The van der Waals surface area contributed by atoms with Gasteiger partial charge in [0.15, 0.2) is 0 Å². The number of carbonyl (C=O) groups excluding carboxylic acids is 1. The summed E-state index contributed by atoms with van der Waals surface area (Å²) in [4.78, 5) is 12.1. The zero-order valence-electron chi connectivity index (χ0n) is 14.3. The summed E-state index contributed by atoms with van der Waals surface area (Å²) >= 11 is 1.23. The molecule has 7 heteroatoms. The second-order valence-electron chi connectivity index (χ2n) is 5.73. The summed E-state index contributed by atoms with van der Waals surface area (Å²) in [5.41, 5.74) is 3.24. The summed E-state index contributed by atoms with van der Waals surface area (Å²) in [6, 6.07) is 9.57. The first kappa shape index (κ1) is 17.3. The number of thioether (sulfide) groups is 1. The highest BCUT2D eigenvalue weighted by molar-refractivity contribution is 8.00. The molecule has 0 saturated heterocycles. The zero-order chi connectivity index (χ0) is 17.8. The molecule has 0 bridgehead atoms. The van der Waals surface area contributed by atoms with Crippen LogP contribution in [-0.2, 0) is 11.3 Å². The first-order valence-corrected chi connectivity index (χ1v) is 8.79. The Hall–Kier alpha value is -2.54. The molecule has 3 rings (SSSR count). The van der Waals surface area contributed by atoms with Crippen LogP contribution >= 0.6 is 11.8 Å². The molecule has 2 aromatic heterocycles. The predicted octanol–water partition coefficient (Wildman–Crippen LogP) is 3.74. The van der Waals surface area contributed by atoms with Gasteiger partial charge in [0, 0.05) is 5.56 Å². The highest BCUT2D eigenvalue weighted by atomic mass is 32.2. The molecule has 6 nitrogen and oxygen atoms in total. The highest BCUT2D eigenvalue weighted by Crippen LogP contribution is 2.27. The third-order valence-corrected chi connectivity index (χ3v) is 4.76. The summed E-state index contributed by atoms with van der Waals surface area (Å²) in [5, 5.41) is 10.9. The van der Waals surface area contributed by atoms with Crippen molar-refractivity contribution in [3.63, 3.8) is 0 Å². The van der Waals surface area contributed by atoms with Gasteiger partial charge >= 0.3 is 0 Å². The van der Waals surface area contributed by atoms with E-state index in [2.05, 4.69) is 22.4 Å². The second kappa shape index (κ2) is 7.57. The summed E-state index contributed by atoms with van der Waals surface area (Å²) in [6.45, 7) is 6.24. The number of furan rings is 1. The SMILES string of the molecule is Cc1ccc(-c2nnc(S[C@@H](C)C(=O)NCc3ccco3)o2)cc1C. The van der Waals surface area contributed by atoms with Crippen LogP contribution in [0.1, 0.15) is 23.8 Å². The van der Waals surface area contributed by atoms with E-state index in [0.29, 0.717) is 23.4 Å². The molecule has 0 aliphatic heterocycles. The van der Waals surface area contributed by atoms with Crippen LogP contribution in [0.5, 0.6) is 0 Å². The van der Waals surface area contributed by atoms with Crippen molar-refractivity contribution in [3.8, 4) is 11.5 Å². The van der Waals surface area contributed by atoms with Crippen molar-refractivity contribution < 1.29 is 13.6 Å². The van der Waals surface area contributed by atoms with Crippen LogP contribution in [0.3, 0.4) is 0 Å². The number of aryl methyl sites for hydroxylation is 2. The predicted molar refractivity (Wildman–Crippen MR) is 95.1 cm³/mol. The van der Waals surface area contributed by atoms with Crippen LogP contribution in [0.2, 0.25) is 0 Å². The van der Waals surface area contributed by atoms with E-state index in [1.165, 1.54) is 17.3 Å². The Morgan fingerprint density at radius 1 is 1.24 bits per heavy atom. The van der Waals surface area contributed by atoms with E-state index in [1.54, 1.807) is 19.3 Å². The summed E-state index contributed by atoms with van der Waals surface area (Å²) in [6.07, 6.45) is 1.58. The topological polar surface area (TPSA) is 81.2 Å².